The Morgan fingerprint density at radius 1 is 1.02 bits per heavy atom. The number of rotatable bonds is 10. The standard InChI is InChI=1S/C28H24F7N3O6/c1-42-16-10-18(29)22(19(30)11-16)17-12-38(20-4-3-9-37(25(20)40)13-21(43-2)28(33,34)35)26(41)23(17)36-24(39)14-5-7-15(8-6-14)44-27(31)32/h3-11,17,21,23,27H,12-13H2,1-2H3,(H,36,39)/t17-,21?,23-/m0/s1. The number of benzene rings is 2. The monoisotopic (exact) mass is 631 g/mol. The van der Waals surface area contributed by atoms with Crippen LogP contribution in [0.25, 0.3) is 0 Å². The predicted octanol–water partition coefficient (Wildman–Crippen LogP) is 4.24. The molecule has 0 bridgehead atoms. The number of amides is 2. The molecule has 3 atom stereocenters. The zero-order chi connectivity index (χ0) is 32.3. The van der Waals surface area contributed by atoms with Crippen molar-refractivity contribution in [3.8, 4) is 11.5 Å². The maximum atomic E-state index is 15.2. The van der Waals surface area contributed by atoms with Crippen molar-refractivity contribution in [1.29, 1.82) is 0 Å². The molecule has 16 heteroatoms. The van der Waals surface area contributed by atoms with E-state index in [4.69, 9.17) is 4.74 Å². The second-order valence-corrected chi connectivity index (χ2v) is 9.53. The van der Waals surface area contributed by atoms with Crippen LogP contribution in [0.1, 0.15) is 21.8 Å². The van der Waals surface area contributed by atoms with Crippen LogP contribution in [0.4, 0.5) is 36.4 Å². The third kappa shape index (κ3) is 6.79. The van der Waals surface area contributed by atoms with Crippen LogP contribution in [0.5, 0.6) is 11.5 Å². The van der Waals surface area contributed by atoms with Crippen molar-refractivity contribution in [2.75, 3.05) is 25.7 Å². The summed E-state index contributed by atoms with van der Waals surface area (Å²) in [5.41, 5.74) is -2.21. The fraction of sp³-hybridized carbons (Fsp3) is 0.321. The molecule has 1 aliphatic heterocycles. The van der Waals surface area contributed by atoms with Gasteiger partial charge in [-0.25, -0.2) is 8.78 Å². The minimum Gasteiger partial charge on any atom is -0.497 e. The van der Waals surface area contributed by atoms with Crippen LogP contribution in [-0.2, 0) is 16.1 Å². The zero-order valence-electron chi connectivity index (χ0n) is 22.9. The maximum Gasteiger partial charge on any atom is 0.416 e. The van der Waals surface area contributed by atoms with Crippen LogP contribution in [0.3, 0.4) is 0 Å². The lowest BCUT2D eigenvalue weighted by molar-refractivity contribution is -0.216. The van der Waals surface area contributed by atoms with Crippen molar-refractivity contribution in [2.45, 2.75) is 37.4 Å². The van der Waals surface area contributed by atoms with Crippen molar-refractivity contribution in [2.24, 2.45) is 0 Å². The van der Waals surface area contributed by atoms with E-state index in [0.29, 0.717) is 4.57 Å². The number of pyridine rings is 1. The molecule has 4 rings (SSSR count). The first-order chi connectivity index (χ1) is 20.7. The van der Waals surface area contributed by atoms with E-state index in [-0.39, 0.29) is 17.1 Å². The van der Waals surface area contributed by atoms with Crippen molar-refractivity contribution < 1.29 is 54.5 Å². The van der Waals surface area contributed by atoms with Gasteiger partial charge in [0.15, 0.2) is 6.10 Å². The van der Waals surface area contributed by atoms with Crippen LogP contribution in [0.2, 0.25) is 0 Å². The molecule has 3 aromatic rings. The van der Waals surface area contributed by atoms with Gasteiger partial charge in [-0.15, -0.1) is 0 Å². The van der Waals surface area contributed by atoms with E-state index in [1.54, 1.807) is 0 Å². The Bertz CT molecular complexity index is 1560. The lowest BCUT2D eigenvalue weighted by Gasteiger charge is -2.21. The summed E-state index contributed by atoms with van der Waals surface area (Å²) in [5, 5.41) is 2.37. The van der Waals surface area contributed by atoms with Gasteiger partial charge in [0.2, 0.25) is 5.91 Å². The molecule has 2 aromatic carbocycles. The second kappa shape index (κ2) is 13.0. The summed E-state index contributed by atoms with van der Waals surface area (Å²) in [4.78, 5) is 40.8. The zero-order valence-corrected chi connectivity index (χ0v) is 22.9. The Morgan fingerprint density at radius 2 is 1.66 bits per heavy atom. The second-order valence-electron chi connectivity index (χ2n) is 9.53. The lowest BCUT2D eigenvalue weighted by atomic mass is 9.92. The average molecular weight is 632 g/mol. The molecule has 1 fully saturated rings. The summed E-state index contributed by atoms with van der Waals surface area (Å²) >= 11 is 0. The average Bonchev–Trinajstić information content (AvgIpc) is 3.26. The first-order valence-electron chi connectivity index (χ1n) is 12.7. The minimum absolute atomic E-state index is 0.132. The number of anilines is 1. The summed E-state index contributed by atoms with van der Waals surface area (Å²) in [6.07, 6.45) is -6.13. The normalized spacial score (nSPS) is 17.6. The van der Waals surface area contributed by atoms with Gasteiger partial charge in [-0.3, -0.25) is 14.4 Å². The summed E-state index contributed by atoms with van der Waals surface area (Å²) in [6.45, 7) is -4.63. The molecule has 236 valence electrons. The smallest absolute Gasteiger partial charge is 0.416 e. The van der Waals surface area contributed by atoms with Crippen molar-refractivity contribution in [3.05, 3.63) is 87.8 Å². The predicted molar refractivity (Wildman–Crippen MR) is 140 cm³/mol. The van der Waals surface area contributed by atoms with Crippen molar-refractivity contribution >= 4 is 17.5 Å². The molecular formula is C28H24F7N3O6. The summed E-state index contributed by atoms with van der Waals surface area (Å²) < 4.78 is 109. The molecule has 0 spiro atoms. The molecule has 1 N–H and O–H groups in total. The molecule has 0 aliphatic carbocycles. The largest absolute Gasteiger partial charge is 0.497 e. The molecule has 1 aromatic heterocycles. The van der Waals surface area contributed by atoms with E-state index < -0.39 is 84.2 Å². The van der Waals surface area contributed by atoms with Crippen LogP contribution < -0.4 is 25.2 Å². The molecule has 0 saturated carbocycles. The number of aromatic nitrogens is 1. The molecule has 1 saturated heterocycles. The van der Waals surface area contributed by atoms with E-state index >= 15 is 8.78 Å². The van der Waals surface area contributed by atoms with Gasteiger partial charge in [-0.2, -0.15) is 22.0 Å². The van der Waals surface area contributed by atoms with Crippen LogP contribution in [0, 0.1) is 11.6 Å². The van der Waals surface area contributed by atoms with E-state index in [2.05, 4.69) is 14.8 Å². The minimum atomic E-state index is -4.82. The van der Waals surface area contributed by atoms with Gasteiger partial charge in [-0.1, -0.05) is 0 Å². The number of ether oxygens (including phenoxy) is 3. The third-order valence-corrected chi connectivity index (χ3v) is 6.90. The number of halogens is 7. The van der Waals surface area contributed by atoms with E-state index in [1.165, 1.54) is 13.2 Å². The van der Waals surface area contributed by atoms with E-state index in [9.17, 15) is 36.3 Å². The van der Waals surface area contributed by atoms with Crippen LogP contribution in [-0.4, -0.2) is 62.1 Å². The lowest BCUT2D eigenvalue weighted by Crippen LogP contribution is -2.45. The van der Waals surface area contributed by atoms with Gasteiger partial charge >= 0.3 is 12.8 Å². The van der Waals surface area contributed by atoms with Crippen molar-refractivity contribution in [1.82, 2.24) is 9.88 Å². The number of hydrogen-bond donors (Lipinski definition) is 1. The van der Waals surface area contributed by atoms with Gasteiger partial charge in [-0.05, 0) is 36.4 Å². The van der Waals surface area contributed by atoms with Gasteiger partial charge in [0.25, 0.3) is 11.5 Å². The fourth-order valence-corrected chi connectivity index (χ4v) is 4.78. The number of nitrogens with zero attached hydrogens (tertiary/aromatic N) is 2. The Kier molecular flexibility index (Phi) is 9.51. The number of nitrogens with one attached hydrogen (secondary N) is 1. The molecule has 2 amide bonds. The Morgan fingerprint density at radius 3 is 2.20 bits per heavy atom. The number of alkyl halides is 5. The molecule has 9 nitrogen and oxygen atoms in total. The third-order valence-electron chi connectivity index (χ3n) is 6.90. The Balaban J connectivity index is 1.72. The molecule has 2 heterocycles. The molecule has 1 unspecified atom stereocenters. The molecule has 0 radical (unpaired) electrons. The first kappa shape index (κ1) is 32.3. The molecular weight excluding hydrogens is 607 g/mol. The fourth-order valence-electron chi connectivity index (χ4n) is 4.78. The van der Waals surface area contributed by atoms with Crippen LogP contribution >= 0.6 is 0 Å². The van der Waals surface area contributed by atoms with Gasteiger partial charge < -0.3 is 29.0 Å². The topological polar surface area (TPSA) is 99.1 Å². The summed E-state index contributed by atoms with van der Waals surface area (Å²) in [5.74, 6) is -6.08. The maximum absolute atomic E-state index is 15.2. The Hall–Kier alpha value is -4.60. The molecule has 44 heavy (non-hydrogen) atoms. The summed E-state index contributed by atoms with van der Waals surface area (Å²) in [7, 11) is 1.98. The van der Waals surface area contributed by atoms with Gasteiger partial charge in [0.05, 0.1) is 13.7 Å². The van der Waals surface area contributed by atoms with Crippen LogP contribution in [0.15, 0.2) is 59.5 Å². The molecule has 1 aliphatic rings. The summed E-state index contributed by atoms with van der Waals surface area (Å²) in [6, 6.07) is 6.70. The number of methoxy groups -OCH3 is 2. The van der Waals surface area contributed by atoms with Crippen molar-refractivity contribution in [3.63, 3.8) is 0 Å². The van der Waals surface area contributed by atoms with E-state index in [0.717, 1.165) is 60.7 Å². The van der Waals surface area contributed by atoms with Gasteiger partial charge in [0, 0.05) is 49.0 Å². The van der Waals surface area contributed by atoms with Gasteiger partial charge in [0.1, 0.15) is 34.9 Å². The number of carbonyl (C=O) groups excluding carboxylic acids is 2. The van der Waals surface area contributed by atoms with E-state index in [1.807, 2.05) is 0 Å². The highest BCUT2D eigenvalue weighted by Gasteiger charge is 2.46. The highest BCUT2D eigenvalue weighted by molar-refractivity contribution is 6.05. The highest BCUT2D eigenvalue weighted by Crippen LogP contribution is 2.36. The number of carbonyl (C=O) groups is 2. The number of hydrogen-bond acceptors (Lipinski definition) is 6. The Labute approximate surface area is 244 Å². The highest BCUT2D eigenvalue weighted by atomic mass is 19.4. The SMILES string of the molecule is COc1cc(F)c([C@@H]2CN(c3cccn(CC(OC)C(F)(F)F)c3=O)C(=O)[C@H]2NC(=O)c2ccc(OC(F)F)cc2)c(F)c1. The quantitative estimate of drug-likeness (QED) is 0.337. The first-order valence-corrected chi connectivity index (χ1v) is 12.7.